The zero-order valence-electron chi connectivity index (χ0n) is 26.2. The Labute approximate surface area is 252 Å². The van der Waals surface area contributed by atoms with Crippen molar-refractivity contribution in [1.29, 1.82) is 0 Å². The molecule has 2 fully saturated rings. The van der Waals surface area contributed by atoms with Gasteiger partial charge in [-0.3, -0.25) is 19.7 Å². The molecular formula is C31H51N2O8P. The smallest absolute Gasteiger partial charge is 0.323 e. The van der Waals surface area contributed by atoms with Crippen LogP contribution < -0.4 is 14.9 Å². The lowest BCUT2D eigenvalue weighted by Gasteiger charge is -2.29. The summed E-state index contributed by atoms with van der Waals surface area (Å²) in [5, 5.41) is 15.5. The van der Waals surface area contributed by atoms with Crippen molar-refractivity contribution in [1.82, 2.24) is 10.4 Å². The fourth-order valence-electron chi connectivity index (χ4n) is 4.46. The molecule has 1 aromatic carbocycles. The van der Waals surface area contributed by atoms with Crippen LogP contribution in [0.2, 0.25) is 0 Å². The monoisotopic (exact) mass is 610 g/mol. The molecule has 1 aliphatic heterocycles. The highest BCUT2D eigenvalue weighted by Gasteiger charge is 2.39. The van der Waals surface area contributed by atoms with Gasteiger partial charge in [0.1, 0.15) is 24.0 Å². The molecule has 0 spiro atoms. The van der Waals surface area contributed by atoms with Crippen molar-refractivity contribution in [2.24, 2.45) is 11.8 Å². The lowest BCUT2D eigenvalue weighted by molar-refractivity contribution is -0.153. The number of para-hydroxylation sites is 1. The van der Waals surface area contributed by atoms with E-state index in [0.717, 1.165) is 18.9 Å². The number of ether oxygens (including phenoxy) is 2. The van der Waals surface area contributed by atoms with Crippen LogP contribution >= 0.6 is 8.53 Å². The minimum absolute atomic E-state index is 0.0352. The maximum absolute atomic E-state index is 12.7. The van der Waals surface area contributed by atoms with E-state index >= 15 is 0 Å². The molecular weight excluding hydrogens is 559 g/mol. The number of benzene rings is 1. The molecule has 42 heavy (non-hydrogen) atoms. The van der Waals surface area contributed by atoms with Crippen molar-refractivity contribution in [2.45, 2.75) is 111 Å². The first kappa shape index (κ1) is 37.7. The lowest BCUT2D eigenvalue weighted by atomic mass is 9.86. The number of imide groups is 1. The van der Waals surface area contributed by atoms with Crippen LogP contribution in [-0.2, 0) is 28.4 Å². The SMILES string of the molecule is C=CC(=O)NC(C)=O.CC.CC(OC(=O)[C@H](C)NP(OC[C@H]1O[C@@H](C)[C@H](C)[C@@H]1O)Oc1ccccc1)C1CCCCC1. The van der Waals surface area contributed by atoms with E-state index in [9.17, 15) is 19.5 Å². The third-order valence-corrected chi connectivity index (χ3v) is 8.45. The van der Waals surface area contributed by atoms with Crippen LogP contribution in [0.4, 0.5) is 0 Å². The molecule has 238 valence electrons. The van der Waals surface area contributed by atoms with E-state index in [2.05, 4.69) is 11.7 Å². The second kappa shape index (κ2) is 20.5. The van der Waals surface area contributed by atoms with Gasteiger partial charge < -0.3 is 23.6 Å². The molecule has 1 saturated carbocycles. The van der Waals surface area contributed by atoms with Gasteiger partial charge in [0.05, 0.1) is 18.8 Å². The number of carbonyl (C=O) groups excluding carboxylic acids is 3. The van der Waals surface area contributed by atoms with Crippen molar-refractivity contribution < 1.29 is 38.0 Å². The normalized spacial score (nSPS) is 23.9. The molecule has 2 aliphatic rings. The van der Waals surface area contributed by atoms with Crippen LogP contribution in [0.3, 0.4) is 0 Å². The van der Waals surface area contributed by atoms with Gasteiger partial charge in [-0.15, -0.1) is 0 Å². The number of aliphatic hydroxyl groups excluding tert-OH is 1. The number of esters is 1. The van der Waals surface area contributed by atoms with Crippen LogP contribution in [0, 0.1) is 11.8 Å². The zero-order valence-corrected chi connectivity index (χ0v) is 27.1. The van der Waals surface area contributed by atoms with Crippen molar-refractivity contribution in [2.75, 3.05) is 6.61 Å². The first-order valence-corrected chi connectivity index (χ1v) is 16.1. The van der Waals surface area contributed by atoms with E-state index in [1.54, 1.807) is 6.92 Å². The molecule has 1 saturated heterocycles. The maximum atomic E-state index is 12.7. The van der Waals surface area contributed by atoms with Gasteiger partial charge in [-0.05, 0) is 57.7 Å². The Morgan fingerprint density at radius 3 is 2.24 bits per heavy atom. The molecule has 11 heteroatoms. The number of carbonyl (C=O) groups is 3. The highest BCUT2D eigenvalue weighted by atomic mass is 31.2. The Morgan fingerprint density at radius 1 is 1.12 bits per heavy atom. The zero-order chi connectivity index (χ0) is 31.7. The van der Waals surface area contributed by atoms with E-state index in [-0.39, 0.29) is 36.6 Å². The van der Waals surface area contributed by atoms with Gasteiger partial charge in [-0.1, -0.05) is 64.8 Å². The van der Waals surface area contributed by atoms with Crippen LogP contribution in [0.25, 0.3) is 0 Å². The lowest BCUT2D eigenvalue weighted by Crippen LogP contribution is -2.38. The van der Waals surface area contributed by atoms with Crippen molar-refractivity contribution >= 4 is 26.3 Å². The molecule has 0 radical (unpaired) electrons. The van der Waals surface area contributed by atoms with E-state index in [1.807, 2.05) is 70.3 Å². The van der Waals surface area contributed by atoms with Gasteiger partial charge in [0.25, 0.3) is 0 Å². The van der Waals surface area contributed by atoms with Crippen LogP contribution in [0.5, 0.6) is 5.75 Å². The standard InChI is InChI=1S/C24H38NO6P.C5H7NO2.C2H6/c1-16-18(3)29-22(23(16)26)15-28-32(31-21-13-9-6-10-14-21)25-17(2)24(27)30-19(4)20-11-7-5-8-12-20;1-3-5(8)6-4(2)7;1-2/h6,9-10,13-14,16-20,22-23,25-26H,5,7-8,11-12,15H2,1-4H3;3H,1H2,2H3,(H,6,7,8);1-2H3/t16-,17-,18-,19?,22+,23-,32?;;/m0../s1. The van der Waals surface area contributed by atoms with Crippen molar-refractivity contribution in [3.05, 3.63) is 43.0 Å². The van der Waals surface area contributed by atoms with Gasteiger partial charge in [0.2, 0.25) is 11.8 Å². The molecule has 2 amide bonds. The number of hydrogen-bond donors (Lipinski definition) is 3. The molecule has 1 aliphatic carbocycles. The van der Waals surface area contributed by atoms with Crippen molar-refractivity contribution in [3.63, 3.8) is 0 Å². The predicted molar refractivity (Wildman–Crippen MR) is 165 cm³/mol. The topological polar surface area (TPSA) is 132 Å². The predicted octanol–water partition coefficient (Wildman–Crippen LogP) is 5.44. The fourth-order valence-corrected chi connectivity index (χ4v) is 5.66. The summed E-state index contributed by atoms with van der Waals surface area (Å²) in [7, 11) is -1.65. The molecule has 0 bridgehead atoms. The van der Waals surface area contributed by atoms with Crippen molar-refractivity contribution in [3.8, 4) is 5.75 Å². The van der Waals surface area contributed by atoms with Gasteiger partial charge in [-0.2, -0.15) is 0 Å². The molecule has 1 aromatic rings. The Balaban J connectivity index is 0.000000762. The summed E-state index contributed by atoms with van der Waals surface area (Å²) in [6, 6.07) is 8.73. The summed E-state index contributed by atoms with van der Waals surface area (Å²) < 4.78 is 23.5. The first-order chi connectivity index (χ1) is 20.0. The fraction of sp³-hybridized carbons (Fsp3) is 0.645. The molecule has 10 nitrogen and oxygen atoms in total. The Kier molecular flexibility index (Phi) is 18.4. The average Bonchev–Trinajstić information content (AvgIpc) is 3.24. The van der Waals surface area contributed by atoms with Gasteiger partial charge in [-0.25, -0.2) is 5.09 Å². The minimum Gasteiger partial charge on any atom is -0.461 e. The molecule has 2 unspecified atom stereocenters. The summed E-state index contributed by atoms with van der Waals surface area (Å²) in [6.07, 6.45) is 5.78. The first-order valence-electron chi connectivity index (χ1n) is 14.9. The number of hydrogen-bond acceptors (Lipinski definition) is 9. The number of amides is 2. The van der Waals surface area contributed by atoms with Crippen LogP contribution in [-0.4, -0.2) is 60.0 Å². The molecule has 0 aromatic heterocycles. The summed E-state index contributed by atoms with van der Waals surface area (Å²) in [5.41, 5.74) is 0. The quantitative estimate of drug-likeness (QED) is 0.170. The molecule has 7 atom stereocenters. The summed E-state index contributed by atoms with van der Waals surface area (Å²) in [5.74, 6) is -0.0317. The second-order valence-corrected chi connectivity index (χ2v) is 11.5. The van der Waals surface area contributed by atoms with Crippen LogP contribution in [0.1, 0.15) is 80.6 Å². The Morgan fingerprint density at radius 2 is 1.74 bits per heavy atom. The second-order valence-electron chi connectivity index (χ2n) is 10.3. The third kappa shape index (κ3) is 13.7. The van der Waals surface area contributed by atoms with Crippen LogP contribution in [0.15, 0.2) is 43.0 Å². The Bertz CT molecular complexity index is 944. The third-order valence-electron chi connectivity index (χ3n) is 7.09. The van der Waals surface area contributed by atoms with E-state index in [1.165, 1.54) is 26.2 Å². The highest BCUT2D eigenvalue weighted by Crippen LogP contribution is 2.38. The number of rotatable bonds is 11. The summed E-state index contributed by atoms with van der Waals surface area (Å²) >= 11 is 0. The number of aliphatic hydroxyl groups is 1. The summed E-state index contributed by atoms with van der Waals surface area (Å²) in [4.78, 5) is 32.9. The van der Waals surface area contributed by atoms with Gasteiger partial charge in [0, 0.05) is 12.8 Å². The Hall–Kier alpha value is -2.36. The molecule has 3 rings (SSSR count). The largest absolute Gasteiger partial charge is 0.461 e. The summed E-state index contributed by atoms with van der Waals surface area (Å²) in [6.45, 7) is 16.2. The average molecular weight is 611 g/mol. The highest BCUT2D eigenvalue weighted by molar-refractivity contribution is 7.45. The molecule has 3 N–H and O–H groups in total. The molecule has 1 heterocycles. The minimum atomic E-state index is -1.65. The number of nitrogens with one attached hydrogen (secondary N) is 2. The maximum Gasteiger partial charge on any atom is 0.323 e. The van der Waals surface area contributed by atoms with Gasteiger partial charge in [0.15, 0.2) is 0 Å². The van der Waals surface area contributed by atoms with E-state index < -0.39 is 32.7 Å². The van der Waals surface area contributed by atoms with E-state index in [0.29, 0.717) is 11.7 Å². The van der Waals surface area contributed by atoms with Gasteiger partial charge >= 0.3 is 14.5 Å². The van der Waals surface area contributed by atoms with E-state index in [4.69, 9.17) is 18.5 Å².